The quantitative estimate of drug-likeness (QED) is 0.239. The Bertz CT molecular complexity index is 1450. The molecule has 1 aromatic carbocycles. The second kappa shape index (κ2) is 9.27. The number of primary amides is 1. The van der Waals surface area contributed by atoms with E-state index in [1.54, 1.807) is 0 Å². The molecule has 4 atom stereocenters. The molecule has 12 heteroatoms. The summed E-state index contributed by atoms with van der Waals surface area (Å²) in [6, 6.07) is 1.39. The number of hydrogen-bond acceptors (Lipinski definition) is 10. The monoisotopic (exact) mass is 553 g/mol. The third kappa shape index (κ3) is 3.85. The topological polar surface area (TPSA) is 199 Å². The summed E-state index contributed by atoms with van der Waals surface area (Å²) in [7, 11) is 3.03. The zero-order valence-corrected chi connectivity index (χ0v) is 22.3. The number of phenols is 1. The number of nitrogens with two attached hydrogens (primary N) is 1. The summed E-state index contributed by atoms with van der Waals surface area (Å²) >= 11 is 0. The average molecular weight is 554 g/mol. The lowest BCUT2D eigenvalue weighted by molar-refractivity contribution is -0.153. The third-order valence-corrected chi connectivity index (χ3v) is 8.61. The first-order valence-electron chi connectivity index (χ1n) is 13.0. The summed E-state index contributed by atoms with van der Waals surface area (Å²) in [5.41, 5.74) is 1.69. The van der Waals surface area contributed by atoms with Crippen LogP contribution in [0.1, 0.15) is 47.7 Å². The van der Waals surface area contributed by atoms with Crippen LogP contribution in [0.25, 0.3) is 5.76 Å². The number of rotatable bonds is 6. The van der Waals surface area contributed by atoms with E-state index in [9.17, 15) is 44.4 Å². The fourth-order valence-electron chi connectivity index (χ4n) is 6.63. The van der Waals surface area contributed by atoms with Crippen molar-refractivity contribution in [2.45, 2.75) is 50.3 Å². The number of benzene rings is 1. The molecule has 0 radical (unpaired) electrons. The number of carbonyl (C=O) groups excluding carboxylic acids is 5. The summed E-state index contributed by atoms with van der Waals surface area (Å²) < 4.78 is 0. The molecule has 0 heterocycles. The van der Waals surface area contributed by atoms with E-state index in [2.05, 4.69) is 0 Å². The van der Waals surface area contributed by atoms with Gasteiger partial charge in [-0.05, 0) is 63.4 Å². The summed E-state index contributed by atoms with van der Waals surface area (Å²) in [5, 5.41) is 44.6. The molecule has 4 aliphatic carbocycles. The second-order valence-electron chi connectivity index (χ2n) is 11.2. The van der Waals surface area contributed by atoms with E-state index in [-0.39, 0.29) is 53.6 Å². The highest BCUT2D eigenvalue weighted by atomic mass is 16.3. The number of likely N-dealkylation sites (N-methyl/N-ethyl adjacent to an activating group) is 1. The van der Waals surface area contributed by atoms with Crippen molar-refractivity contribution in [2.24, 2.45) is 17.6 Å². The highest BCUT2D eigenvalue weighted by Crippen LogP contribution is 2.53. The number of aliphatic hydroxyl groups excluding tert-OH is 2. The molecule has 2 saturated carbocycles. The van der Waals surface area contributed by atoms with Crippen molar-refractivity contribution in [3.63, 3.8) is 0 Å². The van der Waals surface area contributed by atoms with Crippen LogP contribution in [0.4, 0.5) is 0 Å². The lowest BCUT2D eigenvalue weighted by Crippen LogP contribution is -2.65. The number of Topliss-reactive ketones (excluding diaryl/α,β-unsaturated/α-hetero) is 3. The average Bonchev–Trinajstić information content (AvgIpc) is 3.69. The molecule has 12 nitrogen and oxygen atoms in total. The summed E-state index contributed by atoms with van der Waals surface area (Å²) in [5.74, 6) is -8.20. The smallest absolute Gasteiger partial charge is 0.255 e. The van der Waals surface area contributed by atoms with Crippen molar-refractivity contribution in [3.05, 3.63) is 45.7 Å². The van der Waals surface area contributed by atoms with Gasteiger partial charge in [-0.25, -0.2) is 0 Å². The maximum atomic E-state index is 13.9. The number of ketones is 3. The minimum atomic E-state index is -2.74. The van der Waals surface area contributed by atoms with Crippen LogP contribution in [-0.4, -0.2) is 97.7 Å². The zero-order chi connectivity index (χ0) is 29.4. The summed E-state index contributed by atoms with van der Waals surface area (Å²) in [4.78, 5) is 67.6. The molecule has 0 aliphatic heterocycles. The SMILES string of the molecule is CC(=O)N(CC(=O)c1ccc(O)c2c1C[C@H]1CC3[C@H](N(C)C)C(=O)C(C(N)=O)=C(O)[C@@]3(O)C(=O)C1=C2O)C1CC1. The number of aliphatic hydroxyl groups is 3. The van der Waals surface area contributed by atoms with Gasteiger partial charge in [-0.3, -0.25) is 28.9 Å². The van der Waals surface area contributed by atoms with Crippen molar-refractivity contribution in [2.75, 3.05) is 20.6 Å². The molecule has 2 fully saturated rings. The third-order valence-electron chi connectivity index (χ3n) is 8.61. The van der Waals surface area contributed by atoms with Crippen LogP contribution in [-0.2, 0) is 25.6 Å². The lowest BCUT2D eigenvalue weighted by atomic mass is 9.57. The molecule has 0 saturated heterocycles. The van der Waals surface area contributed by atoms with Gasteiger partial charge in [-0.1, -0.05) is 0 Å². The van der Waals surface area contributed by atoms with Crippen LogP contribution in [0.2, 0.25) is 0 Å². The Morgan fingerprint density at radius 1 is 1.10 bits per heavy atom. The molecule has 6 N–H and O–H groups in total. The molecule has 1 aromatic rings. The molecule has 0 bridgehead atoms. The van der Waals surface area contributed by atoms with Crippen LogP contribution < -0.4 is 5.73 Å². The minimum absolute atomic E-state index is 0.00644. The first-order valence-corrected chi connectivity index (χ1v) is 13.0. The minimum Gasteiger partial charge on any atom is -0.508 e. The molecule has 40 heavy (non-hydrogen) atoms. The van der Waals surface area contributed by atoms with Crippen LogP contribution in [0, 0.1) is 11.8 Å². The number of carbonyl (C=O) groups is 5. The molecular formula is C28H31N3O9. The van der Waals surface area contributed by atoms with Crippen LogP contribution in [0.5, 0.6) is 5.75 Å². The summed E-state index contributed by atoms with van der Waals surface area (Å²) in [6.07, 6.45) is 1.50. The van der Waals surface area contributed by atoms with Gasteiger partial charge in [0.2, 0.25) is 11.7 Å². The van der Waals surface area contributed by atoms with E-state index in [4.69, 9.17) is 5.73 Å². The van der Waals surface area contributed by atoms with Crippen molar-refractivity contribution in [1.29, 1.82) is 0 Å². The number of hydrogen-bond donors (Lipinski definition) is 5. The highest BCUT2D eigenvalue weighted by Gasteiger charge is 2.64. The molecule has 2 amide bonds. The second-order valence-corrected chi connectivity index (χ2v) is 11.2. The fraction of sp³-hybridized carbons (Fsp3) is 0.464. The maximum absolute atomic E-state index is 13.9. The zero-order valence-electron chi connectivity index (χ0n) is 22.3. The first-order chi connectivity index (χ1) is 18.7. The Labute approximate surface area is 229 Å². The molecule has 212 valence electrons. The Kier molecular flexibility index (Phi) is 6.38. The van der Waals surface area contributed by atoms with Gasteiger partial charge in [0, 0.05) is 30.0 Å². The van der Waals surface area contributed by atoms with E-state index in [1.165, 1.54) is 43.0 Å². The van der Waals surface area contributed by atoms with Gasteiger partial charge in [0.05, 0.1) is 18.2 Å². The fourth-order valence-corrected chi connectivity index (χ4v) is 6.63. The van der Waals surface area contributed by atoms with Crippen molar-refractivity contribution < 1.29 is 44.4 Å². The van der Waals surface area contributed by atoms with Crippen molar-refractivity contribution >= 4 is 34.9 Å². The Morgan fingerprint density at radius 3 is 2.30 bits per heavy atom. The summed E-state index contributed by atoms with van der Waals surface area (Å²) in [6.45, 7) is 1.19. The normalized spacial score (nSPS) is 27.8. The molecule has 4 aliphatic rings. The van der Waals surface area contributed by atoms with Gasteiger partial charge < -0.3 is 31.1 Å². The van der Waals surface area contributed by atoms with Gasteiger partial charge in [0.25, 0.3) is 5.91 Å². The highest BCUT2D eigenvalue weighted by molar-refractivity contribution is 6.24. The van der Waals surface area contributed by atoms with Gasteiger partial charge in [0.1, 0.15) is 22.8 Å². The van der Waals surface area contributed by atoms with Crippen LogP contribution >= 0.6 is 0 Å². The molecule has 1 unspecified atom stereocenters. The number of aromatic hydroxyl groups is 1. The van der Waals surface area contributed by atoms with E-state index >= 15 is 0 Å². The standard InChI is InChI=1S/C28H31N3O9/c1-11(32)31(13-4-5-13)10-18(34)14-6-7-17(33)20-15(14)8-12-9-16-22(30(2)3)24(36)21(27(29)39)26(38)28(16,40)25(37)19(12)23(20)35/h6-7,12-13,16,22,33,35,38,40H,4-5,8-10H2,1-3H3,(H2,29,39)/t12-,16?,22-,28-/m0/s1. The van der Waals surface area contributed by atoms with Gasteiger partial charge in [-0.15, -0.1) is 0 Å². The number of fused-ring (bicyclic) bond motifs is 3. The molecule has 0 aromatic heterocycles. The van der Waals surface area contributed by atoms with Crippen LogP contribution in [0.3, 0.4) is 0 Å². The van der Waals surface area contributed by atoms with Gasteiger partial charge in [0.15, 0.2) is 17.2 Å². The number of amides is 2. The van der Waals surface area contributed by atoms with Crippen molar-refractivity contribution in [3.8, 4) is 5.75 Å². The molecule has 0 spiro atoms. The molecule has 5 rings (SSSR count). The van der Waals surface area contributed by atoms with E-state index in [0.717, 1.165) is 12.8 Å². The first kappa shape index (κ1) is 27.5. The predicted octanol–water partition coefficient (Wildman–Crippen LogP) is 0.158. The predicted molar refractivity (Wildman–Crippen MR) is 139 cm³/mol. The van der Waals surface area contributed by atoms with Gasteiger partial charge in [-0.2, -0.15) is 0 Å². The Morgan fingerprint density at radius 2 is 1.75 bits per heavy atom. The number of phenolic OH excluding ortho intramolecular Hbond substituents is 1. The van der Waals surface area contributed by atoms with Crippen molar-refractivity contribution in [1.82, 2.24) is 9.80 Å². The van der Waals surface area contributed by atoms with E-state index in [0.29, 0.717) is 0 Å². The van der Waals surface area contributed by atoms with E-state index in [1.807, 2.05) is 0 Å². The Hall–Kier alpha value is -4.03. The Balaban J connectivity index is 1.64. The molecular weight excluding hydrogens is 522 g/mol. The van der Waals surface area contributed by atoms with Gasteiger partial charge >= 0.3 is 0 Å². The maximum Gasteiger partial charge on any atom is 0.255 e. The van der Waals surface area contributed by atoms with Crippen LogP contribution in [0.15, 0.2) is 29.0 Å². The van der Waals surface area contributed by atoms with E-state index < -0.39 is 69.6 Å². The lowest BCUT2D eigenvalue weighted by Gasteiger charge is -2.50. The largest absolute Gasteiger partial charge is 0.508 e. The number of nitrogens with zero attached hydrogens (tertiary/aromatic N) is 2.